The first-order valence-corrected chi connectivity index (χ1v) is 28.5. The van der Waals surface area contributed by atoms with Gasteiger partial charge in [0.2, 0.25) is 5.95 Å². The molecule has 0 amide bonds. The number of hydrogen-bond acceptors (Lipinski definition) is 21. The van der Waals surface area contributed by atoms with Gasteiger partial charge < -0.3 is 61.1 Å². The van der Waals surface area contributed by atoms with Crippen LogP contribution >= 0.6 is 35.4 Å². The zero-order chi connectivity index (χ0) is 66.4. The molecule has 5 aromatic heterocycles. The maximum Gasteiger partial charge on any atom is 0.296 e. The van der Waals surface area contributed by atoms with Crippen molar-refractivity contribution in [3.63, 3.8) is 0 Å². The molecule has 5 heterocycles. The van der Waals surface area contributed by atoms with E-state index in [0.717, 1.165) is 33.8 Å². The molecule has 0 aliphatic heterocycles. The molecule has 0 aliphatic carbocycles. The van der Waals surface area contributed by atoms with Gasteiger partial charge in [-0.15, -0.1) is 0 Å². The molecule has 93 heavy (non-hydrogen) atoms. The lowest BCUT2D eigenvalue weighted by molar-refractivity contribution is -0.384. The zero-order valence-corrected chi connectivity index (χ0v) is 51.9. The predicted octanol–water partition coefficient (Wildman–Crippen LogP) is 14.9. The van der Waals surface area contributed by atoms with Crippen LogP contribution in [0, 0.1) is 55.4 Å². The fourth-order valence-electron chi connectivity index (χ4n) is 8.23. The van der Waals surface area contributed by atoms with Gasteiger partial charge in [0.15, 0.2) is 5.11 Å². The van der Waals surface area contributed by atoms with Gasteiger partial charge >= 0.3 is 0 Å². The summed E-state index contributed by atoms with van der Waals surface area (Å²) in [5.41, 5.74) is 19.6. The number of aromatic nitrogens is 6. The Morgan fingerprint density at radius 1 is 0.548 bits per heavy atom. The minimum atomic E-state index is -0.494. The third-order valence-electron chi connectivity index (χ3n) is 12.8. The number of nitriles is 4. The Kier molecular flexibility index (Phi) is 22.7. The summed E-state index contributed by atoms with van der Waals surface area (Å²) < 4.78 is 24.6. The van der Waals surface area contributed by atoms with Gasteiger partial charge in [0.25, 0.3) is 5.69 Å². The summed E-state index contributed by atoms with van der Waals surface area (Å²) in [5, 5.41) is 60.2. The summed E-state index contributed by atoms with van der Waals surface area (Å²) in [7, 11) is 7.16. The second-order valence-electron chi connectivity index (χ2n) is 19.0. The molecular weight excluding hydrogens is 1240 g/mol. The Morgan fingerprint density at radius 2 is 0.946 bits per heavy atom. The maximum atomic E-state index is 10.9. The van der Waals surface area contributed by atoms with Crippen molar-refractivity contribution < 1.29 is 23.9 Å². The lowest BCUT2D eigenvalue weighted by atomic mass is 10.2. The summed E-state index contributed by atoms with van der Waals surface area (Å²) in [6, 6.07) is 56.1. The number of nitrogens with one attached hydrogen (secondary N) is 4. The highest BCUT2D eigenvalue weighted by Gasteiger charge is 2.16. The SMILES string of the molecule is CN(C(=S)Nc1ccc(Cl)cc1)c1ccc(Oc2ccnc(C#N)c2)cc1N.CNc1ccc(Oc2ccnc(C#N)c2)cc1N.CNc1ccc(Oc2ccnc(C#N)c2)cc1[N+](=O)[O-].Cn1c(Nc2ccc(Cl)cc2)nc2cc(Oc3ccnc(C#N)c3)ccc21. The van der Waals surface area contributed by atoms with E-state index in [1.54, 1.807) is 116 Å². The van der Waals surface area contributed by atoms with Crippen LogP contribution in [-0.4, -0.2) is 60.7 Å². The fraction of sp³-hybridized carbons (Fsp3) is 0.0606. The van der Waals surface area contributed by atoms with Crippen molar-refractivity contribution in [3.05, 3.63) is 238 Å². The number of nitrogen functional groups attached to an aromatic ring is 2. The number of pyridine rings is 4. The van der Waals surface area contributed by atoms with Crippen LogP contribution in [0.4, 0.5) is 51.4 Å². The highest BCUT2D eigenvalue weighted by Crippen LogP contribution is 2.34. The van der Waals surface area contributed by atoms with E-state index in [4.69, 9.17) is 86.9 Å². The molecule has 27 heteroatoms. The van der Waals surface area contributed by atoms with Crippen LogP contribution in [-0.2, 0) is 7.05 Å². The zero-order valence-electron chi connectivity index (χ0n) is 49.6. The van der Waals surface area contributed by atoms with Crippen LogP contribution in [0.3, 0.4) is 0 Å². The van der Waals surface area contributed by atoms with Crippen LogP contribution in [0.25, 0.3) is 11.0 Å². The van der Waals surface area contributed by atoms with Crippen molar-refractivity contribution in [2.45, 2.75) is 0 Å². The summed E-state index contributed by atoms with van der Waals surface area (Å²) in [5.74, 6) is 4.81. The van der Waals surface area contributed by atoms with Crippen LogP contribution in [0.1, 0.15) is 22.8 Å². The Morgan fingerprint density at radius 3 is 1.38 bits per heavy atom. The van der Waals surface area contributed by atoms with Crippen LogP contribution in [0.5, 0.6) is 46.0 Å². The summed E-state index contributed by atoms with van der Waals surface area (Å²) in [4.78, 5) is 32.4. The van der Waals surface area contributed by atoms with Gasteiger partial charge in [0.05, 0.1) is 44.8 Å². The number of ether oxygens (including phenoxy) is 4. The first kappa shape index (κ1) is 66.2. The number of halogens is 2. The minimum absolute atomic E-state index is 0.0837. The van der Waals surface area contributed by atoms with E-state index in [9.17, 15) is 10.1 Å². The maximum absolute atomic E-state index is 10.9. The number of imidazole rings is 1. The lowest BCUT2D eigenvalue weighted by Gasteiger charge is -2.23. The fourth-order valence-corrected chi connectivity index (χ4v) is 8.69. The Hall–Kier alpha value is -12.8. The molecule has 6 aromatic carbocycles. The lowest BCUT2D eigenvalue weighted by Crippen LogP contribution is -2.31. The molecule has 0 spiro atoms. The average Bonchev–Trinajstić information content (AvgIpc) is 1.74. The van der Waals surface area contributed by atoms with Crippen molar-refractivity contribution in [2.75, 3.05) is 58.8 Å². The molecule has 11 rings (SSSR count). The number of nitro benzene ring substituents is 1. The van der Waals surface area contributed by atoms with E-state index < -0.39 is 4.92 Å². The molecule has 0 atom stereocenters. The average molecular weight is 1300 g/mol. The van der Waals surface area contributed by atoms with E-state index in [1.165, 1.54) is 30.7 Å². The third-order valence-corrected chi connectivity index (χ3v) is 13.6. The number of aryl methyl sites for hydroxylation is 1. The van der Waals surface area contributed by atoms with Crippen molar-refractivity contribution in [1.29, 1.82) is 21.0 Å². The number of rotatable bonds is 15. The molecule has 24 nitrogen and oxygen atoms in total. The van der Waals surface area contributed by atoms with Gasteiger partial charge in [0, 0.05) is 117 Å². The van der Waals surface area contributed by atoms with Crippen LogP contribution in [0.2, 0.25) is 10.0 Å². The number of hydrogen-bond donors (Lipinski definition) is 6. The summed E-state index contributed by atoms with van der Waals surface area (Å²) in [6.45, 7) is 0. The molecule has 8 N–H and O–H groups in total. The van der Waals surface area contributed by atoms with E-state index in [2.05, 4.69) is 46.2 Å². The van der Waals surface area contributed by atoms with Crippen molar-refractivity contribution in [1.82, 2.24) is 29.5 Å². The van der Waals surface area contributed by atoms with E-state index in [0.29, 0.717) is 95.6 Å². The highest BCUT2D eigenvalue weighted by atomic mass is 35.5. The van der Waals surface area contributed by atoms with Crippen LogP contribution in [0.15, 0.2) is 195 Å². The largest absolute Gasteiger partial charge is 0.457 e. The van der Waals surface area contributed by atoms with Gasteiger partial charge in [-0.2, -0.15) is 21.0 Å². The Balaban J connectivity index is 0.000000162. The second-order valence-corrected chi connectivity index (χ2v) is 20.3. The molecule has 0 unspecified atom stereocenters. The summed E-state index contributed by atoms with van der Waals surface area (Å²) >= 11 is 17.3. The number of nitrogens with two attached hydrogens (primary N) is 2. The minimum Gasteiger partial charge on any atom is -0.457 e. The van der Waals surface area contributed by atoms with E-state index in [1.807, 2.05) is 110 Å². The monoisotopic (exact) mass is 1290 g/mol. The van der Waals surface area contributed by atoms with Gasteiger partial charge in [-0.1, -0.05) is 23.2 Å². The highest BCUT2D eigenvalue weighted by molar-refractivity contribution is 7.80. The standard InChI is InChI=1S/C20H16ClN5OS.C20H14ClN5O.C13H10N4O3.C13H12N4O/c1-26(20(28)25-14-4-2-13(21)3-5-14)19-7-6-16(11-18(19)23)27-17-8-9-24-15(10-17)12-22;1-26-19-7-6-16(27-17-8-9-23-15(10-17)12-22)11-18(19)25-20(26)24-14-4-2-13(21)3-5-14;1-15-12-3-2-10(7-13(12)17(18)19)20-11-4-5-16-9(6-11)8-14;1-16-13-3-2-10(7-12(13)15)18-11-4-5-17-9(6-11)8-14/h2-11H,23H2,1H3,(H,25,28);2-11H,1H3,(H,24,25);2-7,15H,1H3;2-7,16H,15H2,1H3. The topological polar surface area (TPSA) is 348 Å². The number of fused-ring (bicyclic) bond motifs is 1. The van der Waals surface area contributed by atoms with E-state index >= 15 is 0 Å². The van der Waals surface area contributed by atoms with Gasteiger partial charge in [0.1, 0.15) is 98.7 Å². The number of nitro groups is 1. The van der Waals surface area contributed by atoms with Crippen molar-refractivity contribution in [3.8, 4) is 70.3 Å². The molecule has 0 bridgehead atoms. The van der Waals surface area contributed by atoms with Crippen LogP contribution < -0.4 is 56.6 Å². The van der Waals surface area contributed by atoms with Crippen molar-refractivity contribution >= 4 is 103 Å². The number of thiocarbonyl (C=S) groups is 1. The molecule has 0 radical (unpaired) electrons. The first-order valence-electron chi connectivity index (χ1n) is 27.3. The summed E-state index contributed by atoms with van der Waals surface area (Å²) in [6.07, 6.45) is 6.02. The number of nitrogens with zero attached hydrogens (tertiary/aromatic N) is 12. The van der Waals surface area contributed by atoms with Crippen molar-refractivity contribution in [2.24, 2.45) is 7.05 Å². The normalized spacial score (nSPS) is 10.0. The quantitative estimate of drug-likeness (QED) is 0.0240. The molecule has 0 aliphatic rings. The molecule has 462 valence electrons. The third kappa shape index (κ3) is 18.6. The second kappa shape index (κ2) is 31.9. The van der Waals surface area contributed by atoms with Gasteiger partial charge in [-0.05, 0) is 134 Å². The molecular formula is C66H52Cl2N18O6S. The van der Waals surface area contributed by atoms with E-state index in [-0.39, 0.29) is 17.1 Å². The van der Waals surface area contributed by atoms with Gasteiger partial charge in [-0.25, -0.2) is 24.9 Å². The smallest absolute Gasteiger partial charge is 0.296 e. The number of benzene rings is 6. The molecule has 0 fully saturated rings. The molecule has 0 saturated carbocycles. The van der Waals surface area contributed by atoms with Gasteiger partial charge in [-0.3, -0.25) is 10.1 Å². The Bertz CT molecular complexity index is 4670. The first-order chi connectivity index (χ1) is 44.9. The molecule has 11 aromatic rings. The molecule has 0 saturated heterocycles. The predicted molar refractivity (Wildman–Crippen MR) is 362 cm³/mol. The Labute approximate surface area is 548 Å². The number of anilines is 8.